The molecule has 126 valence electrons. The lowest BCUT2D eigenvalue weighted by molar-refractivity contribution is -0.137. The van der Waals surface area contributed by atoms with Crippen LogP contribution < -0.4 is 15.5 Å². The van der Waals surface area contributed by atoms with Crippen molar-refractivity contribution in [3.05, 3.63) is 59.7 Å². The molecule has 8 heteroatoms. The lowest BCUT2D eigenvalue weighted by Crippen LogP contribution is -2.23. The number of rotatable bonds is 4. The summed E-state index contributed by atoms with van der Waals surface area (Å²) in [6.07, 6.45) is -2.98. The van der Waals surface area contributed by atoms with Crippen molar-refractivity contribution < 1.29 is 17.9 Å². The molecule has 0 fully saturated rings. The van der Waals surface area contributed by atoms with E-state index >= 15 is 0 Å². The first kappa shape index (κ1) is 17.7. The quantitative estimate of drug-likeness (QED) is 0.495. The molecule has 0 saturated carbocycles. The third-order valence-electron chi connectivity index (χ3n) is 2.95. The van der Waals surface area contributed by atoms with Crippen LogP contribution in [0.25, 0.3) is 0 Å². The van der Waals surface area contributed by atoms with Gasteiger partial charge in [-0.25, -0.2) is 0 Å². The van der Waals surface area contributed by atoms with E-state index in [1.54, 1.807) is 31.4 Å². The summed E-state index contributed by atoms with van der Waals surface area (Å²) < 4.78 is 42.5. The zero-order valence-corrected chi connectivity index (χ0v) is 13.4. The third kappa shape index (κ3) is 5.24. The number of hydrogen-bond acceptors (Lipinski definition) is 3. The summed E-state index contributed by atoms with van der Waals surface area (Å²) in [6.45, 7) is 0. The van der Waals surface area contributed by atoms with Crippen LogP contribution in [0.5, 0.6) is 5.75 Å². The van der Waals surface area contributed by atoms with Crippen LogP contribution in [-0.2, 0) is 6.18 Å². The molecule has 0 aromatic heterocycles. The van der Waals surface area contributed by atoms with Crippen molar-refractivity contribution in [1.82, 2.24) is 5.43 Å². The molecule has 2 aromatic rings. The fourth-order valence-corrected chi connectivity index (χ4v) is 1.95. The molecule has 2 rings (SSSR count). The summed E-state index contributed by atoms with van der Waals surface area (Å²) in [5, 5.41) is 7.03. The summed E-state index contributed by atoms with van der Waals surface area (Å²) in [6, 6.07) is 11.8. The molecule has 2 aromatic carbocycles. The zero-order chi connectivity index (χ0) is 17.6. The van der Waals surface area contributed by atoms with Gasteiger partial charge in [0.05, 0.1) is 18.9 Å². The molecule has 0 aliphatic rings. The molecule has 0 bridgehead atoms. The van der Waals surface area contributed by atoms with Crippen molar-refractivity contribution in [3.8, 4) is 5.75 Å². The number of benzene rings is 2. The fraction of sp³-hybridized carbons (Fsp3) is 0.125. The van der Waals surface area contributed by atoms with E-state index < -0.39 is 11.7 Å². The maximum Gasteiger partial charge on any atom is 0.416 e. The van der Waals surface area contributed by atoms with Crippen LogP contribution in [0.2, 0.25) is 0 Å². The van der Waals surface area contributed by atoms with E-state index in [1.807, 2.05) is 0 Å². The maximum atomic E-state index is 12.5. The van der Waals surface area contributed by atoms with Crippen LogP contribution in [0.3, 0.4) is 0 Å². The Morgan fingerprint density at radius 1 is 1.17 bits per heavy atom. The Labute approximate surface area is 142 Å². The van der Waals surface area contributed by atoms with E-state index in [-0.39, 0.29) is 5.11 Å². The summed E-state index contributed by atoms with van der Waals surface area (Å²) in [5.41, 5.74) is 3.12. The molecule has 0 radical (unpaired) electrons. The molecule has 0 amide bonds. The van der Waals surface area contributed by atoms with Crippen molar-refractivity contribution in [2.24, 2.45) is 5.10 Å². The summed E-state index contributed by atoms with van der Waals surface area (Å²) in [5.74, 6) is 0.677. The van der Waals surface area contributed by atoms with Gasteiger partial charge in [0, 0.05) is 11.8 Å². The van der Waals surface area contributed by atoms with Crippen LogP contribution in [0, 0.1) is 0 Å². The second-order valence-electron chi connectivity index (χ2n) is 4.68. The van der Waals surface area contributed by atoms with Crippen LogP contribution in [0.4, 0.5) is 18.9 Å². The van der Waals surface area contributed by atoms with E-state index in [2.05, 4.69) is 15.8 Å². The second kappa shape index (κ2) is 7.78. The smallest absolute Gasteiger partial charge is 0.416 e. The normalized spacial score (nSPS) is 11.3. The minimum Gasteiger partial charge on any atom is -0.497 e. The van der Waals surface area contributed by atoms with Crippen LogP contribution in [0.1, 0.15) is 11.1 Å². The number of hydrazone groups is 1. The molecule has 0 unspecified atom stereocenters. The average molecular weight is 353 g/mol. The molecule has 0 saturated heterocycles. The van der Waals surface area contributed by atoms with Crippen LogP contribution in [-0.4, -0.2) is 18.4 Å². The Bertz CT molecular complexity index is 730. The van der Waals surface area contributed by atoms with Gasteiger partial charge in [0.2, 0.25) is 0 Å². The zero-order valence-electron chi connectivity index (χ0n) is 12.6. The number of methoxy groups -OCH3 is 1. The highest BCUT2D eigenvalue weighted by Crippen LogP contribution is 2.28. The predicted molar refractivity (Wildman–Crippen MR) is 91.4 cm³/mol. The first-order valence-electron chi connectivity index (χ1n) is 6.80. The number of thiocarbonyl (C=S) groups is 1. The largest absolute Gasteiger partial charge is 0.497 e. The van der Waals surface area contributed by atoms with E-state index in [9.17, 15) is 13.2 Å². The number of nitrogens with one attached hydrogen (secondary N) is 2. The molecule has 0 heterocycles. The Kier molecular flexibility index (Phi) is 5.75. The van der Waals surface area contributed by atoms with Gasteiger partial charge in [-0.15, -0.1) is 0 Å². The molecular formula is C16H14F3N3OS. The van der Waals surface area contributed by atoms with Crippen molar-refractivity contribution in [2.45, 2.75) is 6.18 Å². The predicted octanol–water partition coefficient (Wildman–Crippen LogP) is 4.03. The molecule has 24 heavy (non-hydrogen) atoms. The monoisotopic (exact) mass is 353 g/mol. The lowest BCUT2D eigenvalue weighted by Gasteiger charge is -2.08. The Morgan fingerprint density at radius 2 is 1.88 bits per heavy atom. The number of anilines is 1. The van der Waals surface area contributed by atoms with E-state index in [0.717, 1.165) is 17.8 Å². The van der Waals surface area contributed by atoms with Gasteiger partial charge in [-0.2, -0.15) is 18.3 Å². The SMILES string of the molecule is COc1cccc(NC(=S)N/N=C/c2ccc(C(F)(F)F)cc2)c1. The Hall–Kier alpha value is -2.61. The highest BCUT2D eigenvalue weighted by atomic mass is 32.1. The van der Waals surface area contributed by atoms with Gasteiger partial charge < -0.3 is 10.1 Å². The standard InChI is InChI=1S/C16H14F3N3OS/c1-23-14-4-2-3-13(9-14)21-15(24)22-20-10-11-5-7-12(8-6-11)16(17,18)19/h2-10H,1H3,(H2,21,22,24)/b20-10+. The van der Waals surface area contributed by atoms with Gasteiger partial charge in [0.25, 0.3) is 0 Å². The summed E-state index contributed by atoms with van der Waals surface area (Å²) in [7, 11) is 1.56. The number of halogens is 3. The van der Waals surface area contributed by atoms with E-state index in [1.165, 1.54) is 18.3 Å². The molecule has 0 spiro atoms. The van der Waals surface area contributed by atoms with Crippen LogP contribution >= 0.6 is 12.2 Å². The van der Waals surface area contributed by atoms with Gasteiger partial charge in [0.15, 0.2) is 5.11 Å². The van der Waals surface area contributed by atoms with Crippen molar-refractivity contribution in [1.29, 1.82) is 0 Å². The van der Waals surface area contributed by atoms with Gasteiger partial charge in [-0.3, -0.25) is 5.43 Å². The lowest BCUT2D eigenvalue weighted by atomic mass is 10.1. The summed E-state index contributed by atoms with van der Waals surface area (Å²) >= 11 is 5.07. The van der Waals surface area contributed by atoms with E-state index in [0.29, 0.717) is 11.3 Å². The molecular weight excluding hydrogens is 339 g/mol. The molecule has 0 aliphatic heterocycles. The highest BCUT2D eigenvalue weighted by Gasteiger charge is 2.29. The van der Waals surface area contributed by atoms with Crippen molar-refractivity contribution in [2.75, 3.05) is 12.4 Å². The van der Waals surface area contributed by atoms with Gasteiger partial charge >= 0.3 is 6.18 Å². The average Bonchev–Trinajstić information content (AvgIpc) is 2.54. The minimum absolute atomic E-state index is 0.242. The molecule has 2 N–H and O–H groups in total. The topological polar surface area (TPSA) is 45.6 Å². The Morgan fingerprint density at radius 3 is 2.50 bits per heavy atom. The molecule has 4 nitrogen and oxygen atoms in total. The number of nitrogens with zero attached hydrogens (tertiary/aromatic N) is 1. The molecule has 0 aliphatic carbocycles. The van der Waals surface area contributed by atoms with E-state index in [4.69, 9.17) is 17.0 Å². The van der Waals surface area contributed by atoms with Crippen molar-refractivity contribution >= 4 is 29.2 Å². The van der Waals surface area contributed by atoms with Gasteiger partial charge in [-0.1, -0.05) is 18.2 Å². The minimum atomic E-state index is -4.35. The maximum absolute atomic E-state index is 12.5. The van der Waals surface area contributed by atoms with Crippen molar-refractivity contribution in [3.63, 3.8) is 0 Å². The third-order valence-corrected chi connectivity index (χ3v) is 3.14. The number of alkyl halides is 3. The summed E-state index contributed by atoms with van der Waals surface area (Å²) in [4.78, 5) is 0. The van der Waals surface area contributed by atoms with Gasteiger partial charge in [-0.05, 0) is 42.0 Å². The first-order chi connectivity index (χ1) is 11.4. The first-order valence-corrected chi connectivity index (χ1v) is 7.20. The fourth-order valence-electron chi connectivity index (χ4n) is 1.78. The Balaban J connectivity index is 1.90. The second-order valence-corrected chi connectivity index (χ2v) is 5.08. The number of ether oxygens (including phenoxy) is 1. The van der Waals surface area contributed by atoms with Gasteiger partial charge in [0.1, 0.15) is 5.75 Å². The highest BCUT2D eigenvalue weighted by molar-refractivity contribution is 7.80. The molecule has 0 atom stereocenters. The number of hydrogen-bond donors (Lipinski definition) is 2. The van der Waals surface area contributed by atoms with Crippen LogP contribution in [0.15, 0.2) is 53.6 Å².